The third-order valence-corrected chi connectivity index (χ3v) is 3.56. The van der Waals surface area contributed by atoms with Crippen molar-refractivity contribution in [3.63, 3.8) is 0 Å². The molecule has 1 amide bonds. The van der Waals surface area contributed by atoms with Crippen LogP contribution in [0.5, 0.6) is 0 Å². The normalized spacial score (nSPS) is 19.2. The van der Waals surface area contributed by atoms with E-state index in [2.05, 4.69) is 20.7 Å². The number of piperazine rings is 1. The van der Waals surface area contributed by atoms with Crippen molar-refractivity contribution >= 4 is 17.5 Å². The Morgan fingerprint density at radius 1 is 1.45 bits per heavy atom. The van der Waals surface area contributed by atoms with Gasteiger partial charge in [-0.25, -0.2) is 15.8 Å². The van der Waals surface area contributed by atoms with Crippen LogP contribution in [0.4, 0.5) is 11.6 Å². The number of hydrazine groups is 1. The molecular weight excluding hydrogens is 256 g/mol. The van der Waals surface area contributed by atoms with Crippen molar-refractivity contribution in [2.75, 3.05) is 23.4 Å². The van der Waals surface area contributed by atoms with Crippen molar-refractivity contribution in [3.8, 4) is 0 Å². The second kappa shape index (κ2) is 5.62. The highest BCUT2D eigenvalue weighted by Crippen LogP contribution is 2.27. The van der Waals surface area contributed by atoms with Crippen molar-refractivity contribution in [2.45, 2.75) is 39.7 Å². The summed E-state index contributed by atoms with van der Waals surface area (Å²) in [6.07, 6.45) is 0. The average molecular weight is 278 g/mol. The summed E-state index contributed by atoms with van der Waals surface area (Å²) < 4.78 is 0. The van der Waals surface area contributed by atoms with E-state index in [9.17, 15) is 4.79 Å². The molecule has 1 atom stereocenters. The van der Waals surface area contributed by atoms with Gasteiger partial charge in [0.15, 0.2) is 0 Å². The first-order valence-corrected chi connectivity index (χ1v) is 6.85. The van der Waals surface area contributed by atoms with Crippen LogP contribution >= 0.6 is 0 Å². The average Bonchev–Trinajstić information content (AvgIpc) is 2.42. The predicted octanol–water partition coefficient (Wildman–Crippen LogP) is 0.519. The van der Waals surface area contributed by atoms with Crippen molar-refractivity contribution in [3.05, 3.63) is 11.4 Å². The number of nitrogens with one attached hydrogen (secondary N) is 2. The number of hydrogen-bond acceptors (Lipinski definition) is 6. The van der Waals surface area contributed by atoms with Crippen LogP contribution in [-0.2, 0) is 4.79 Å². The molecule has 0 spiro atoms. The molecule has 20 heavy (non-hydrogen) atoms. The lowest BCUT2D eigenvalue weighted by atomic mass is 10.1. The molecular formula is C13H22N6O. The summed E-state index contributed by atoms with van der Waals surface area (Å²) in [5, 5.41) is 2.85. The first kappa shape index (κ1) is 14.5. The molecule has 1 fully saturated rings. The first-order chi connectivity index (χ1) is 9.45. The van der Waals surface area contributed by atoms with E-state index >= 15 is 0 Å². The maximum absolute atomic E-state index is 11.8. The molecule has 1 aromatic rings. The Morgan fingerprint density at radius 2 is 2.15 bits per heavy atom. The van der Waals surface area contributed by atoms with Crippen LogP contribution in [-0.4, -0.2) is 35.0 Å². The van der Waals surface area contributed by atoms with Gasteiger partial charge in [0.2, 0.25) is 5.91 Å². The zero-order chi connectivity index (χ0) is 14.9. The minimum atomic E-state index is -0.247. The maximum Gasteiger partial charge on any atom is 0.242 e. The zero-order valence-electron chi connectivity index (χ0n) is 12.4. The number of hydrogen-bond donors (Lipinski definition) is 3. The largest absolute Gasteiger partial charge is 0.353 e. The molecule has 1 unspecified atom stereocenters. The molecule has 0 aliphatic carbocycles. The quantitative estimate of drug-likeness (QED) is 0.551. The van der Waals surface area contributed by atoms with Gasteiger partial charge in [-0.15, -0.1) is 0 Å². The van der Waals surface area contributed by atoms with E-state index in [0.717, 1.165) is 23.8 Å². The van der Waals surface area contributed by atoms with Gasteiger partial charge in [-0.05, 0) is 13.8 Å². The van der Waals surface area contributed by atoms with Gasteiger partial charge in [-0.3, -0.25) is 4.79 Å². The van der Waals surface area contributed by atoms with Crippen LogP contribution in [0.3, 0.4) is 0 Å². The van der Waals surface area contributed by atoms with E-state index in [1.165, 1.54) is 0 Å². The molecule has 1 aromatic heterocycles. The van der Waals surface area contributed by atoms with Crippen molar-refractivity contribution < 1.29 is 4.79 Å². The van der Waals surface area contributed by atoms with Crippen LogP contribution < -0.4 is 21.5 Å². The Labute approximate surface area is 118 Å². The molecule has 1 saturated heterocycles. The summed E-state index contributed by atoms with van der Waals surface area (Å²) in [5.41, 5.74) is 3.48. The Balaban J connectivity index is 2.48. The molecule has 1 aliphatic heterocycles. The van der Waals surface area contributed by atoms with Crippen LogP contribution in [0.15, 0.2) is 0 Å². The van der Waals surface area contributed by atoms with E-state index in [1.54, 1.807) is 0 Å². The lowest BCUT2D eigenvalue weighted by molar-refractivity contribution is -0.122. The van der Waals surface area contributed by atoms with Crippen molar-refractivity contribution in [2.24, 2.45) is 5.84 Å². The number of rotatable bonds is 3. The van der Waals surface area contributed by atoms with Gasteiger partial charge in [0.25, 0.3) is 0 Å². The number of amides is 1. The number of nitrogen functional groups attached to an aromatic ring is 1. The molecule has 2 rings (SSSR count). The molecule has 7 heteroatoms. The lowest BCUT2D eigenvalue weighted by Gasteiger charge is -2.35. The molecule has 0 radical (unpaired) electrons. The highest BCUT2D eigenvalue weighted by molar-refractivity contribution is 5.86. The second-order valence-corrected chi connectivity index (χ2v) is 5.34. The topological polar surface area (TPSA) is 96.2 Å². The minimum Gasteiger partial charge on any atom is -0.353 e. The minimum absolute atomic E-state index is 0.0163. The first-order valence-electron chi connectivity index (χ1n) is 6.85. The van der Waals surface area contributed by atoms with Crippen LogP contribution in [0.2, 0.25) is 0 Å². The Kier molecular flexibility index (Phi) is 4.08. The number of carbonyl (C=O) groups excluding carboxylic acids is 1. The predicted molar refractivity (Wildman–Crippen MR) is 78.5 cm³/mol. The molecule has 0 bridgehead atoms. The van der Waals surface area contributed by atoms with Crippen molar-refractivity contribution in [1.82, 2.24) is 15.3 Å². The SMILES string of the molecule is Cc1c(NN)nc(C(C)C)nc1N1CCNC(=O)C1C. The van der Waals surface area contributed by atoms with Gasteiger partial charge >= 0.3 is 0 Å². The third-order valence-electron chi connectivity index (χ3n) is 3.56. The molecule has 7 nitrogen and oxygen atoms in total. The standard InChI is InChI=1S/C13H22N6O/c1-7(2)10-16-11(18-14)8(3)12(17-10)19-6-5-15-13(20)9(19)4/h7,9H,5-6,14H2,1-4H3,(H,15,20)(H,16,17,18). The number of anilines is 2. The molecule has 110 valence electrons. The van der Waals surface area contributed by atoms with E-state index in [0.29, 0.717) is 12.4 Å². The van der Waals surface area contributed by atoms with Gasteiger partial charge in [-0.1, -0.05) is 13.8 Å². The van der Waals surface area contributed by atoms with E-state index in [4.69, 9.17) is 5.84 Å². The molecule has 1 aliphatic rings. The molecule has 0 saturated carbocycles. The fourth-order valence-corrected chi connectivity index (χ4v) is 2.27. The number of aromatic nitrogens is 2. The van der Waals surface area contributed by atoms with Gasteiger partial charge in [-0.2, -0.15) is 0 Å². The van der Waals surface area contributed by atoms with E-state index in [-0.39, 0.29) is 17.9 Å². The van der Waals surface area contributed by atoms with Gasteiger partial charge in [0, 0.05) is 24.6 Å². The smallest absolute Gasteiger partial charge is 0.242 e. The van der Waals surface area contributed by atoms with Crippen LogP contribution in [0.1, 0.15) is 38.1 Å². The highest BCUT2D eigenvalue weighted by atomic mass is 16.2. The van der Waals surface area contributed by atoms with Crippen molar-refractivity contribution in [1.29, 1.82) is 0 Å². The fourth-order valence-electron chi connectivity index (χ4n) is 2.27. The Hall–Kier alpha value is -1.89. The summed E-state index contributed by atoms with van der Waals surface area (Å²) in [5.74, 6) is 7.85. The number of carbonyl (C=O) groups is 1. The van der Waals surface area contributed by atoms with Gasteiger partial charge < -0.3 is 15.6 Å². The Bertz CT molecular complexity index is 516. The number of nitrogens with zero attached hydrogens (tertiary/aromatic N) is 3. The zero-order valence-corrected chi connectivity index (χ0v) is 12.4. The van der Waals surface area contributed by atoms with E-state index < -0.39 is 0 Å². The molecule has 2 heterocycles. The molecule has 4 N–H and O–H groups in total. The van der Waals surface area contributed by atoms with E-state index in [1.807, 2.05) is 32.6 Å². The summed E-state index contributed by atoms with van der Waals surface area (Å²) in [7, 11) is 0. The number of nitrogens with two attached hydrogens (primary N) is 1. The highest BCUT2D eigenvalue weighted by Gasteiger charge is 2.29. The second-order valence-electron chi connectivity index (χ2n) is 5.34. The lowest BCUT2D eigenvalue weighted by Crippen LogP contribution is -2.54. The van der Waals surface area contributed by atoms with Crippen LogP contribution in [0, 0.1) is 6.92 Å². The maximum atomic E-state index is 11.8. The van der Waals surface area contributed by atoms with Gasteiger partial charge in [0.05, 0.1) is 0 Å². The van der Waals surface area contributed by atoms with Crippen LogP contribution in [0.25, 0.3) is 0 Å². The summed E-state index contributed by atoms with van der Waals surface area (Å²) in [6.45, 7) is 9.19. The summed E-state index contributed by atoms with van der Waals surface area (Å²) in [6, 6.07) is -0.247. The summed E-state index contributed by atoms with van der Waals surface area (Å²) >= 11 is 0. The summed E-state index contributed by atoms with van der Waals surface area (Å²) in [4.78, 5) is 22.9. The van der Waals surface area contributed by atoms with Gasteiger partial charge in [0.1, 0.15) is 23.5 Å². The third kappa shape index (κ3) is 2.53. The monoisotopic (exact) mass is 278 g/mol. The molecule has 0 aromatic carbocycles. The fraction of sp³-hybridized carbons (Fsp3) is 0.615. The Morgan fingerprint density at radius 3 is 2.75 bits per heavy atom.